The Morgan fingerprint density at radius 3 is 2.46 bits per heavy atom. The van der Waals surface area contributed by atoms with E-state index >= 15 is 0 Å². The summed E-state index contributed by atoms with van der Waals surface area (Å²) >= 11 is 0. The molecule has 1 saturated heterocycles. The maximum atomic E-state index is 14.8. The Morgan fingerprint density at radius 2 is 1.91 bits per heavy atom. The highest BCUT2D eigenvalue weighted by Crippen LogP contribution is 2.55. The van der Waals surface area contributed by atoms with Crippen LogP contribution in [-0.4, -0.2) is 41.8 Å². The predicted octanol–water partition coefficient (Wildman–Crippen LogP) is 4.34. The lowest BCUT2D eigenvalue weighted by atomic mass is 9.76. The van der Waals surface area contributed by atoms with E-state index in [2.05, 4.69) is 10.3 Å². The number of carbonyl (C=O) groups is 2. The minimum atomic E-state index is -4.94. The summed E-state index contributed by atoms with van der Waals surface area (Å²) < 4.78 is 93.3. The largest absolute Gasteiger partial charge is 0.493 e. The van der Waals surface area contributed by atoms with Crippen LogP contribution in [0.5, 0.6) is 5.75 Å². The summed E-state index contributed by atoms with van der Waals surface area (Å²) in [4.78, 5) is 28.2. The third kappa shape index (κ3) is 4.64. The van der Waals surface area contributed by atoms with Crippen molar-refractivity contribution in [2.24, 2.45) is 11.7 Å². The van der Waals surface area contributed by atoms with E-state index in [4.69, 9.17) is 15.2 Å². The summed E-state index contributed by atoms with van der Waals surface area (Å²) in [5, 5.41) is 2.34. The fourth-order valence-corrected chi connectivity index (χ4v) is 4.10. The molecule has 4 atom stereocenters. The first-order chi connectivity index (χ1) is 16.2. The van der Waals surface area contributed by atoms with E-state index in [9.17, 15) is 35.9 Å². The number of nitrogens with one attached hydrogen (secondary N) is 1. The standard InChI is InChI=1S/C22H21F6N3O4/c1-9-14(11-4-5-12(18(24)25)15(23)16(11)34-3)17(35-21(9,2)22(26,27)28)20(33)31-10-6-7-30-13(8-10)19(29)32/h4-9,14,17-18H,1-3H3,(H2,29,32)(H,30,31,33)/t9-,14+,17+,21+/m1/s1. The predicted molar refractivity (Wildman–Crippen MR) is 111 cm³/mol. The highest BCUT2D eigenvalue weighted by molar-refractivity contribution is 5.97. The molecule has 0 aliphatic carbocycles. The van der Waals surface area contributed by atoms with Crippen molar-refractivity contribution in [1.82, 2.24) is 4.98 Å². The Kier molecular flexibility index (Phi) is 7.02. The summed E-state index contributed by atoms with van der Waals surface area (Å²) in [5.74, 6) is -7.05. The van der Waals surface area contributed by atoms with Crippen LogP contribution in [0.4, 0.5) is 32.0 Å². The third-order valence-electron chi connectivity index (χ3n) is 6.16. The van der Waals surface area contributed by atoms with E-state index in [0.29, 0.717) is 0 Å². The molecule has 2 aromatic rings. The maximum absolute atomic E-state index is 14.8. The molecule has 1 fully saturated rings. The van der Waals surface area contributed by atoms with E-state index in [1.165, 1.54) is 6.07 Å². The van der Waals surface area contributed by atoms with E-state index in [1.54, 1.807) is 0 Å². The average molecular weight is 505 g/mol. The van der Waals surface area contributed by atoms with E-state index < -0.39 is 65.1 Å². The molecule has 0 saturated carbocycles. The van der Waals surface area contributed by atoms with Gasteiger partial charge < -0.3 is 20.5 Å². The van der Waals surface area contributed by atoms with Gasteiger partial charge in [0.2, 0.25) is 0 Å². The van der Waals surface area contributed by atoms with Crippen molar-refractivity contribution in [2.45, 2.75) is 44.1 Å². The fraction of sp³-hybridized carbons (Fsp3) is 0.409. The Labute approximate surface area is 195 Å². The first kappa shape index (κ1) is 26.3. The molecular formula is C22H21F6N3O4. The van der Waals surface area contributed by atoms with Gasteiger partial charge in [0.05, 0.1) is 12.7 Å². The van der Waals surface area contributed by atoms with Crippen LogP contribution in [0.15, 0.2) is 30.5 Å². The smallest absolute Gasteiger partial charge is 0.417 e. The molecule has 1 aliphatic rings. The lowest BCUT2D eigenvalue weighted by Gasteiger charge is -2.32. The second kappa shape index (κ2) is 9.36. The minimum absolute atomic E-state index is 0.0133. The van der Waals surface area contributed by atoms with Gasteiger partial charge in [0.1, 0.15) is 11.8 Å². The molecule has 1 aromatic carbocycles. The number of anilines is 1. The molecule has 3 rings (SSSR count). The van der Waals surface area contributed by atoms with Gasteiger partial charge in [-0.3, -0.25) is 14.6 Å². The molecule has 1 aromatic heterocycles. The van der Waals surface area contributed by atoms with Crippen LogP contribution in [0, 0.1) is 11.7 Å². The number of aromatic nitrogens is 1. The molecule has 3 N–H and O–H groups in total. The highest BCUT2D eigenvalue weighted by atomic mass is 19.4. The monoisotopic (exact) mass is 505 g/mol. The molecule has 190 valence electrons. The van der Waals surface area contributed by atoms with Gasteiger partial charge in [0, 0.05) is 29.3 Å². The molecule has 35 heavy (non-hydrogen) atoms. The summed E-state index contributed by atoms with van der Waals surface area (Å²) in [6.45, 7) is 1.90. The molecule has 2 amide bonds. The summed E-state index contributed by atoms with van der Waals surface area (Å²) in [6, 6.07) is 4.09. The topological polar surface area (TPSA) is 104 Å². The molecule has 13 heteroatoms. The normalized spacial score (nSPS) is 24.5. The van der Waals surface area contributed by atoms with Gasteiger partial charge in [0.15, 0.2) is 17.2 Å². The SMILES string of the molecule is COc1c([C@H]2[C@@H](C(=O)Nc3ccnc(C(N)=O)c3)O[C@](C)(C(F)(F)F)[C@@H]2C)ccc(C(F)F)c1F. The van der Waals surface area contributed by atoms with Gasteiger partial charge in [-0.15, -0.1) is 0 Å². The number of nitrogens with two attached hydrogens (primary N) is 1. The second-order valence-corrected chi connectivity index (χ2v) is 8.13. The number of carbonyl (C=O) groups excluding carboxylic acids is 2. The van der Waals surface area contributed by atoms with Gasteiger partial charge >= 0.3 is 6.18 Å². The first-order valence-corrected chi connectivity index (χ1v) is 10.2. The number of ether oxygens (including phenoxy) is 2. The van der Waals surface area contributed by atoms with Crippen LogP contribution < -0.4 is 15.8 Å². The zero-order valence-corrected chi connectivity index (χ0v) is 18.6. The zero-order valence-electron chi connectivity index (χ0n) is 18.6. The van der Waals surface area contributed by atoms with Gasteiger partial charge in [-0.2, -0.15) is 13.2 Å². The highest BCUT2D eigenvalue weighted by Gasteiger charge is 2.65. The van der Waals surface area contributed by atoms with Gasteiger partial charge in [-0.25, -0.2) is 13.2 Å². The third-order valence-corrected chi connectivity index (χ3v) is 6.16. The number of rotatable bonds is 6. The van der Waals surface area contributed by atoms with Crippen LogP contribution in [-0.2, 0) is 9.53 Å². The van der Waals surface area contributed by atoms with E-state index in [-0.39, 0.29) is 16.9 Å². The van der Waals surface area contributed by atoms with E-state index in [1.807, 2.05) is 0 Å². The fourth-order valence-electron chi connectivity index (χ4n) is 4.10. The molecule has 0 unspecified atom stereocenters. The van der Waals surface area contributed by atoms with Crippen LogP contribution in [0.2, 0.25) is 0 Å². The van der Waals surface area contributed by atoms with Crippen LogP contribution in [0.3, 0.4) is 0 Å². The molecule has 1 aliphatic heterocycles. The first-order valence-electron chi connectivity index (χ1n) is 10.2. The van der Waals surface area contributed by atoms with Crippen molar-refractivity contribution >= 4 is 17.5 Å². The number of amides is 2. The zero-order chi connectivity index (χ0) is 26.3. The minimum Gasteiger partial charge on any atom is -0.493 e. The summed E-state index contributed by atoms with van der Waals surface area (Å²) in [5.41, 5.74) is 0.816. The van der Waals surface area contributed by atoms with Crippen LogP contribution in [0.1, 0.15) is 47.8 Å². The van der Waals surface area contributed by atoms with Gasteiger partial charge in [-0.1, -0.05) is 13.0 Å². The lowest BCUT2D eigenvalue weighted by molar-refractivity contribution is -0.272. The number of nitrogens with zero attached hydrogens (tertiary/aromatic N) is 1. The molecule has 2 heterocycles. The van der Waals surface area contributed by atoms with Crippen molar-refractivity contribution in [3.8, 4) is 5.75 Å². The Balaban J connectivity index is 2.10. The van der Waals surface area contributed by atoms with Gasteiger partial charge in [0.25, 0.3) is 18.2 Å². The number of hydrogen-bond acceptors (Lipinski definition) is 5. The van der Waals surface area contributed by atoms with Gasteiger partial charge in [-0.05, 0) is 25.1 Å². The number of halogens is 6. The molecule has 0 radical (unpaired) electrons. The van der Waals surface area contributed by atoms with Crippen molar-refractivity contribution in [2.75, 3.05) is 12.4 Å². The molecule has 0 bridgehead atoms. The number of benzene rings is 1. The van der Waals surface area contributed by atoms with Crippen LogP contribution in [0.25, 0.3) is 0 Å². The number of methoxy groups -OCH3 is 1. The van der Waals surface area contributed by atoms with Crippen LogP contribution >= 0.6 is 0 Å². The summed E-state index contributed by atoms with van der Waals surface area (Å²) in [7, 11) is 0.970. The number of primary amides is 1. The average Bonchev–Trinajstić information content (AvgIpc) is 3.05. The summed E-state index contributed by atoms with van der Waals surface area (Å²) in [6.07, 6.45) is -8.84. The number of pyridine rings is 1. The second-order valence-electron chi connectivity index (χ2n) is 8.13. The number of alkyl halides is 5. The quantitative estimate of drug-likeness (QED) is 0.569. The number of hydrogen-bond donors (Lipinski definition) is 2. The molecule has 0 spiro atoms. The Morgan fingerprint density at radius 1 is 1.26 bits per heavy atom. The Hall–Kier alpha value is -3.35. The van der Waals surface area contributed by atoms with Crippen molar-refractivity contribution in [3.63, 3.8) is 0 Å². The van der Waals surface area contributed by atoms with Crippen molar-refractivity contribution in [3.05, 3.63) is 53.1 Å². The molecular weight excluding hydrogens is 484 g/mol. The lowest BCUT2D eigenvalue weighted by Crippen LogP contribution is -2.47. The van der Waals surface area contributed by atoms with E-state index in [0.717, 1.165) is 45.4 Å². The van der Waals surface area contributed by atoms with Crippen molar-refractivity contribution < 1.29 is 45.4 Å². The van der Waals surface area contributed by atoms with Crippen molar-refractivity contribution in [1.29, 1.82) is 0 Å². The Bertz CT molecular complexity index is 1140. The maximum Gasteiger partial charge on any atom is 0.417 e. The molecule has 7 nitrogen and oxygen atoms in total.